The van der Waals surface area contributed by atoms with Gasteiger partial charge < -0.3 is 9.84 Å². The zero-order chi connectivity index (χ0) is 15.2. The van der Waals surface area contributed by atoms with E-state index in [1.807, 2.05) is 0 Å². The third-order valence-corrected chi connectivity index (χ3v) is 3.27. The van der Waals surface area contributed by atoms with Crippen LogP contribution in [0.25, 0.3) is 0 Å². The van der Waals surface area contributed by atoms with Gasteiger partial charge in [-0.05, 0) is 12.3 Å². The van der Waals surface area contributed by atoms with Crippen LogP contribution in [0.2, 0.25) is 0 Å². The maximum atomic E-state index is 11.1. The summed E-state index contributed by atoms with van der Waals surface area (Å²) in [6, 6.07) is 0. The molecule has 0 aromatic heterocycles. The summed E-state index contributed by atoms with van der Waals surface area (Å²) in [5, 5.41) is 8.42. The van der Waals surface area contributed by atoms with Crippen LogP contribution < -0.4 is 0 Å². The summed E-state index contributed by atoms with van der Waals surface area (Å²) >= 11 is 0. The number of esters is 2. The van der Waals surface area contributed by atoms with Gasteiger partial charge in [0.15, 0.2) is 0 Å². The Bertz CT molecular complexity index is 261. The van der Waals surface area contributed by atoms with Gasteiger partial charge in [0.2, 0.25) is 0 Å². The highest BCUT2D eigenvalue weighted by Gasteiger charge is 2.08. The Morgan fingerprint density at radius 1 is 0.850 bits per heavy atom. The Hall–Kier alpha value is -0.900. The second-order valence-electron chi connectivity index (χ2n) is 5.77. The molecule has 1 N–H and O–H groups in total. The van der Waals surface area contributed by atoms with Gasteiger partial charge in [-0.15, -0.1) is 0 Å². The lowest BCUT2D eigenvalue weighted by molar-refractivity contribution is -0.161. The van der Waals surface area contributed by atoms with E-state index in [-0.39, 0.29) is 6.42 Å². The number of aliphatic hydroxyl groups is 1. The molecule has 0 aliphatic heterocycles. The van der Waals surface area contributed by atoms with E-state index in [0.717, 1.165) is 25.2 Å². The van der Waals surface area contributed by atoms with E-state index in [1.165, 1.54) is 38.5 Å². The van der Waals surface area contributed by atoms with Crippen LogP contribution in [0.15, 0.2) is 0 Å². The molecule has 0 bridgehead atoms. The molecule has 0 rings (SSSR count). The lowest BCUT2D eigenvalue weighted by atomic mass is 10.0. The van der Waals surface area contributed by atoms with Gasteiger partial charge in [0.1, 0.15) is 6.61 Å². The summed E-state index contributed by atoms with van der Waals surface area (Å²) in [4.78, 5) is 21.8. The second-order valence-corrected chi connectivity index (χ2v) is 5.77. The van der Waals surface area contributed by atoms with Gasteiger partial charge in [-0.3, -0.25) is 4.79 Å². The van der Waals surface area contributed by atoms with Gasteiger partial charge >= 0.3 is 11.9 Å². The van der Waals surface area contributed by atoms with E-state index in [4.69, 9.17) is 5.11 Å². The van der Waals surface area contributed by atoms with Crippen molar-refractivity contribution in [1.29, 1.82) is 0 Å². The Morgan fingerprint density at radius 3 is 1.85 bits per heavy atom. The van der Waals surface area contributed by atoms with E-state index in [1.54, 1.807) is 0 Å². The fourth-order valence-corrected chi connectivity index (χ4v) is 2.09. The minimum absolute atomic E-state index is 0.264. The molecule has 0 aromatic carbocycles. The van der Waals surface area contributed by atoms with Crippen molar-refractivity contribution in [3.8, 4) is 0 Å². The fraction of sp³-hybridized carbons (Fsp3) is 0.875. The minimum Gasteiger partial charge on any atom is -0.391 e. The molecule has 0 aromatic rings. The number of carbonyl (C=O) groups is 2. The average Bonchev–Trinajstić information content (AvgIpc) is 2.40. The maximum absolute atomic E-state index is 11.1. The lowest BCUT2D eigenvalue weighted by Gasteiger charge is -2.04. The molecule has 0 atom stereocenters. The van der Waals surface area contributed by atoms with Crippen LogP contribution in [0.5, 0.6) is 0 Å². The van der Waals surface area contributed by atoms with Gasteiger partial charge in [0.25, 0.3) is 0 Å². The number of hydrogen-bond donors (Lipinski definition) is 1. The smallest absolute Gasteiger partial charge is 0.339 e. The molecule has 0 aliphatic rings. The van der Waals surface area contributed by atoms with Crippen molar-refractivity contribution < 1.29 is 19.4 Å². The fourth-order valence-electron chi connectivity index (χ4n) is 2.09. The van der Waals surface area contributed by atoms with Crippen molar-refractivity contribution in [1.82, 2.24) is 0 Å². The molecule has 0 saturated carbocycles. The lowest BCUT2D eigenvalue weighted by Crippen LogP contribution is -2.14. The molecule has 0 spiro atoms. The van der Waals surface area contributed by atoms with Gasteiger partial charge in [-0.25, -0.2) is 4.79 Å². The summed E-state index contributed by atoms with van der Waals surface area (Å²) in [6.07, 6.45) is 10.9. The van der Waals surface area contributed by atoms with Gasteiger partial charge in [0, 0.05) is 6.42 Å². The van der Waals surface area contributed by atoms with Crippen LogP contribution in [-0.2, 0) is 14.3 Å². The van der Waals surface area contributed by atoms with Crippen molar-refractivity contribution in [3.63, 3.8) is 0 Å². The number of aliphatic hydroxyl groups excluding tert-OH is 1. The van der Waals surface area contributed by atoms with Crippen molar-refractivity contribution in [2.45, 2.75) is 78.1 Å². The number of carbonyl (C=O) groups excluding carboxylic acids is 2. The normalized spacial score (nSPS) is 10.8. The predicted octanol–water partition coefficient (Wildman–Crippen LogP) is 3.61. The highest BCUT2D eigenvalue weighted by atomic mass is 16.6. The summed E-state index contributed by atoms with van der Waals surface area (Å²) < 4.78 is 4.36. The van der Waals surface area contributed by atoms with E-state index < -0.39 is 18.5 Å². The van der Waals surface area contributed by atoms with Gasteiger partial charge in [0.05, 0.1) is 0 Å². The minimum atomic E-state index is -0.864. The molecule has 0 heterocycles. The molecule has 0 unspecified atom stereocenters. The molecule has 0 amide bonds. The highest BCUT2D eigenvalue weighted by Crippen LogP contribution is 2.13. The van der Waals surface area contributed by atoms with Crippen molar-refractivity contribution in [2.75, 3.05) is 6.61 Å². The Kier molecular flexibility index (Phi) is 12.5. The largest absolute Gasteiger partial charge is 0.391 e. The zero-order valence-corrected chi connectivity index (χ0v) is 13.0. The summed E-state index contributed by atoms with van der Waals surface area (Å²) in [5.41, 5.74) is 0. The van der Waals surface area contributed by atoms with E-state index in [2.05, 4.69) is 18.6 Å². The number of rotatable bonds is 12. The molecule has 0 fully saturated rings. The van der Waals surface area contributed by atoms with E-state index >= 15 is 0 Å². The summed E-state index contributed by atoms with van der Waals surface area (Å²) in [6.45, 7) is 3.79. The Morgan fingerprint density at radius 2 is 1.35 bits per heavy atom. The first-order valence-corrected chi connectivity index (χ1v) is 7.90. The van der Waals surface area contributed by atoms with Crippen LogP contribution in [0.4, 0.5) is 0 Å². The maximum Gasteiger partial charge on any atom is 0.339 e. The topological polar surface area (TPSA) is 63.6 Å². The first-order chi connectivity index (χ1) is 9.56. The average molecular weight is 286 g/mol. The number of hydrogen-bond acceptors (Lipinski definition) is 4. The third kappa shape index (κ3) is 13.5. The van der Waals surface area contributed by atoms with Crippen molar-refractivity contribution in [2.24, 2.45) is 5.92 Å². The van der Waals surface area contributed by atoms with Crippen LogP contribution in [0, 0.1) is 5.92 Å². The SMILES string of the molecule is CC(C)CCCCCCCCCCC(=O)OC(=O)CO. The molecule has 0 aliphatic carbocycles. The van der Waals surface area contributed by atoms with E-state index in [0.29, 0.717) is 0 Å². The highest BCUT2D eigenvalue weighted by molar-refractivity contribution is 5.85. The predicted molar refractivity (Wildman–Crippen MR) is 79.2 cm³/mol. The molecule has 0 saturated heterocycles. The van der Waals surface area contributed by atoms with Crippen LogP contribution in [0.1, 0.15) is 78.1 Å². The molecule has 4 nitrogen and oxygen atoms in total. The van der Waals surface area contributed by atoms with Crippen molar-refractivity contribution in [3.05, 3.63) is 0 Å². The first kappa shape index (κ1) is 19.1. The third-order valence-electron chi connectivity index (χ3n) is 3.27. The number of unbranched alkanes of at least 4 members (excludes halogenated alkanes) is 7. The summed E-state index contributed by atoms with van der Waals surface area (Å²) in [7, 11) is 0. The Labute approximate surface area is 122 Å². The first-order valence-electron chi connectivity index (χ1n) is 7.90. The molecule has 4 heteroatoms. The van der Waals surface area contributed by atoms with E-state index in [9.17, 15) is 9.59 Å². The number of ether oxygens (including phenoxy) is 1. The van der Waals surface area contributed by atoms with Crippen molar-refractivity contribution >= 4 is 11.9 Å². The van der Waals surface area contributed by atoms with Gasteiger partial charge in [-0.1, -0.05) is 65.2 Å². The van der Waals surface area contributed by atoms with Crippen LogP contribution in [0.3, 0.4) is 0 Å². The zero-order valence-electron chi connectivity index (χ0n) is 13.0. The standard InChI is InChI=1S/C16H30O4/c1-14(2)11-9-7-5-3-4-6-8-10-12-15(18)20-16(19)13-17/h14,17H,3-13H2,1-2H3. The molecular formula is C16H30O4. The summed E-state index contributed by atoms with van der Waals surface area (Å²) in [5.74, 6) is -0.582. The quantitative estimate of drug-likeness (QED) is 0.338. The van der Waals surface area contributed by atoms with Crippen LogP contribution in [-0.4, -0.2) is 23.7 Å². The monoisotopic (exact) mass is 286 g/mol. The van der Waals surface area contributed by atoms with Crippen LogP contribution >= 0.6 is 0 Å². The second kappa shape index (κ2) is 13.1. The molecular weight excluding hydrogens is 256 g/mol. The Balaban J connectivity index is 3.20. The molecule has 20 heavy (non-hydrogen) atoms. The molecule has 118 valence electrons. The molecule has 0 radical (unpaired) electrons. The van der Waals surface area contributed by atoms with Gasteiger partial charge in [-0.2, -0.15) is 0 Å².